The zero-order valence-electron chi connectivity index (χ0n) is 10.6. The molecule has 94 valence electrons. The molecule has 0 fully saturated rings. The lowest BCUT2D eigenvalue weighted by atomic mass is 10.2. The van der Waals surface area contributed by atoms with Crippen LogP contribution in [0.1, 0.15) is 19.4 Å². The van der Waals surface area contributed by atoms with Crippen molar-refractivity contribution in [2.75, 3.05) is 13.7 Å². The van der Waals surface area contributed by atoms with E-state index in [0.717, 1.165) is 5.56 Å². The molecule has 17 heavy (non-hydrogen) atoms. The van der Waals surface area contributed by atoms with Crippen LogP contribution < -0.4 is 10.5 Å². The minimum atomic E-state index is -0.0251. The molecule has 0 aliphatic heterocycles. The maximum atomic E-state index is 11.7. The third-order valence-electron chi connectivity index (χ3n) is 2.69. The van der Waals surface area contributed by atoms with Gasteiger partial charge in [-0.2, -0.15) is 0 Å². The molecule has 0 aromatic heterocycles. The van der Waals surface area contributed by atoms with Gasteiger partial charge in [0.05, 0.1) is 0 Å². The average molecular weight is 236 g/mol. The Morgan fingerprint density at radius 2 is 1.94 bits per heavy atom. The van der Waals surface area contributed by atoms with E-state index in [0.29, 0.717) is 12.3 Å². The van der Waals surface area contributed by atoms with Crippen LogP contribution in [0.5, 0.6) is 5.75 Å². The number of amides is 1. The van der Waals surface area contributed by atoms with E-state index in [1.165, 1.54) is 0 Å². The lowest BCUT2D eigenvalue weighted by Gasteiger charge is -2.21. The Hall–Kier alpha value is -1.55. The molecule has 0 saturated carbocycles. The first-order chi connectivity index (χ1) is 8.04. The molecule has 1 aromatic rings. The third-order valence-corrected chi connectivity index (χ3v) is 2.69. The Balaban J connectivity index is 2.47. The van der Waals surface area contributed by atoms with Gasteiger partial charge >= 0.3 is 0 Å². The zero-order valence-corrected chi connectivity index (χ0v) is 10.6. The number of carbonyl (C=O) groups is 1. The van der Waals surface area contributed by atoms with Crippen LogP contribution >= 0.6 is 0 Å². The van der Waals surface area contributed by atoms with Crippen LogP contribution in [-0.2, 0) is 11.3 Å². The van der Waals surface area contributed by atoms with E-state index in [-0.39, 0.29) is 18.6 Å². The SMILES string of the molecule is CC(C)N(C)C(=O)COc1ccc(CN)cc1. The maximum absolute atomic E-state index is 11.7. The summed E-state index contributed by atoms with van der Waals surface area (Å²) in [4.78, 5) is 13.3. The van der Waals surface area contributed by atoms with Gasteiger partial charge in [0.2, 0.25) is 0 Å². The third kappa shape index (κ3) is 4.07. The minimum Gasteiger partial charge on any atom is -0.484 e. The molecule has 0 heterocycles. The van der Waals surface area contributed by atoms with Crippen LogP contribution in [0, 0.1) is 0 Å². The molecule has 0 bridgehead atoms. The van der Waals surface area contributed by atoms with Crippen LogP contribution in [-0.4, -0.2) is 30.5 Å². The number of nitrogens with zero attached hydrogens (tertiary/aromatic N) is 1. The van der Waals surface area contributed by atoms with Gasteiger partial charge in [-0.3, -0.25) is 4.79 Å². The van der Waals surface area contributed by atoms with E-state index >= 15 is 0 Å². The van der Waals surface area contributed by atoms with Gasteiger partial charge in [-0.1, -0.05) is 12.1 Å². The van der Waals surface area contributed by atoms with E-state index in [2.05, 4.69) is 0 Å². The smallest absolute Gasteiger partial charge is 0.260 e. The van der Waals surface area contributed by atoms with Crippen molar-refractivity contribution in [1.29, 1.82) is 0 Å². The van der Waals surface area contributed by atoms with Crippen LogP contribution in [0.15, 0.2) is 24.3 Å². The summed E-state index contributed by atoms with van der Waals surface area (Å²) in [6.45, 7) is 4.51. The predicted molar refractivity (Wildman–Crippen MR) is 67.7 cm³/mol. The molecule has 1 rings (SSSR count). The summed E-state index contributed by atoms with van der Waals surface area (Å²) in [6.07, 6.45) is 0. The second-order valence-electron chi connectivity index (χ2n) is 4.24. The predicted octanol–water partition coefficient (Wildman–Crippen LogP) is 1.39. The molecular formula is C13H20N2O2. The van der Waals surface area contributed by atoms with Crippen LogP contribution in [0.4, 0.5) is 0 Å². The number of likely N-dealkylation sites (N-methyl/N-ethyl adjacent to an activating group) is 1. The van der Waals surface area contributed by atoms with Crippen molar-refractivity contribution in [3.63, 3.8) is 0 Å². The van der Waals surface area contributed by atoms with Crippen molar-refractivity contribution in [3.8, 4) is 5.75 Å². The quantitative estimate of drug-likeness (QED) is 0.840. The standard InChI is InChI=1S/C13H20N2O2/c1-10(2)15(3)13(16)9-17-12-6-4-11(8-14)5-7-12/h4-7,10H,8-9,14H2,1-3H3. The molecule has 1 aromatic carbocycles. The van der Waals surface area contributed by atoms with E-state index in [4.69, 9.17) is 10.5 Å². The van der Waals surface area contributed by atoms with Crippen LogP contribution in [0.3, 0.4) is 0 Å². The Morgan fingerprint density at radius 3 is 2.41 bits per heavy atom. The fraction of sp³-hybridized carbons (Fsp3) is 0.462. The highest BCUT2D eigenvalue weighted by Crippen LogP contribution is 2.11. The first kappa shape index (κ1) is 13.5. The lowest BCUT2D eigenvalue weighted by molar-refractivity contribution is -0.133. The molecule has 0 aliphatic carbocycles. The second-order valence-corrected chi connectivity index (χ2v) is 4.24. The van der Waals surface area contributed by atoms with Crippen molar-refractivity contribution in [2.45, 2.75) is 26.4 Å². The molecule has 4 heteroatoms. The summed E-state index contributed by atoms with van der Waals surface area (Å²) < 4.78 is 5.41. The Labute approximate surface area is 102 Å². The number of nitrogens with two attached hydrogens (primary N) is 1. The summed E-state index contributed by atoms with van der Waals surface area (Å²) in [5.74, 6) is 0.663. The molecule has 0 aliphatic rings. The van der Waals surface area contributed by atoms with E-state index in [9.17, 15) is 4.79 Å². The monoisotopic (exact) mass is 236 g/mol. The van der Waals surface area contributed by atoms with Crippen molar-refractivity contribution < 1.29 is 9.53 Å². The number of carbonyl (C=O) groups excluding carboxylic acids is 1. The number of ether oxygens (including phenoxy) is 1. The molecule has 4 nitrogen and oxygen atoms in total. The largest absolute Gasteiger partial charge is 0.484 e. The summed E-state index contributed by atoms with van der Waals surface area (Å²) in [6, 6.07) is 7.62. The number of hydrogen-bond acceptors (Lipinski definition) is 3. The number of rotatable bonds is 5. The van der Waals surface area contributed by atoms with Crippen molar-refractivity contribution in [3.05, 3.63) is 29.8 Å². The van der Waals surface area contributed by atoms with E-state index < -0.39 is 0 Å². The molecular weight excluding hydrogens is 216 g/mol. The Bertz CT molecular complexity index is 360. The summed E-state index contributed by atoms with van der Waals surface area (Å²) >= 11 is 0. The molecule has 0 unspecified atom stereocenters. The molecule has 2 N–H and O–H groups in total. The van der Waals surface area contributed by atoms with Gasteiger partial charge in [-0.25, -0.2) is 0 Å². The first-order valence-electron chi connectivity index (χ1n) is 5.72. The van der Waals surface area contributed by atoms with Crippen LogP contribution in [0.2, 0.25) is 0 Å². The summed E-state index contributed by atoms with van der Waals surface area (Å²) in [5, 5.41) is 0. The van der Waals surface area contributed by atoms with Gasteiger partial charge in [0.25, 0.3) is 5.91 Å². The van der Waals surface area contributed by atoms with Crippen LogP contribution in [0.25, 0.3) is 0 Å². The molecule has 1 amide bonds. The second kappa shape index (κ2) is 6.25. The lowest BCUT2D eigenvalue weighted by Crippen LogP contribution is -2.36. The Morgan fingerprint density at radius 1 is 1.35 bits per heavy atom. The fourth-order valence-corrected chi connectivity index (χ4v) is 1.26. The van der Waals surface area contributed by atoms with Gasteiger partial charge in [-0.15, -0.1) is 0 Å². The van der Waals surface area contributed by atoms with Gasteiger partial charge in [-0.05, 0) is 31.5 Å². The maximum Gasteiger partial charge on any atom is 0.260 e. The molecule has 0 saturated heterocycles. The summed E-state index contributed by atoms with van der Waals surface area (Å²) in [5.41, 5.74) is 6.54. The van der Waals surface area contributed by atoms with E-state index in [1.54, 1.807) is 11.9 Å². The number of hydrogen-bond donors (Lipinski definition) is 1. The highest BCUT2D eigenvalue weighted by Gasteiger charge is 2.12. The normalized spacial score (nSPS) is 10.4. The highest BCUT2D eigenvalue weighted by molar-refractivity contribution is 5.77. The fourth-order valence-electron chi connectivity index (χ4n) is 1.26. The summed E-state index contributed by atoms with van der Waals surface area (Å²) in [7, 11) is 1.77. The van der Waals surface area contributed by atoms with Gasteiger partial charge in [0.15, 0.2) is 6.61 Å². The molecule has 0 atom stereocenters. The topological polar surface area (TPSA) is 55.6 Å². The van der Waals surface area contributed by atoms with Crippen molar-refractivity contribution >= 4 is 5.91 Å². The highest BCUT2D eigenvalue weighted by atomic mass is 16.5. The van der Waals surface area contributed by atoms with Crippen molar-refractivity contribution in [1.82, 2.24) is 4.90 Å². The average Bonchev–Trinajstić information content (AvgIpc) is 2.35. The Kier molecular flexibility index (Phi) is 4.97. The molecule has 0 radical (unpaired) electrons. The zero-order chi connectivity index (χ0) is 12.8. The van der Waals surface area contributed by atoms with Gasteiger partial charge in [0, 0.05) is 19.6 Å². The van der Waals surface area contributed by atoms with Crippen molar-refractivity contribution in [2.24, 2.45) is 5.73 Å². The van der Waals surface area contributed by atoms with Gasteiger partial charge in [0.1, 0.15) is 5.75 Å². The number of benzene rings is 1. The first-order valence-corrected chi connectivity index (χ1v) is 5.72. The minimum absolute atomic E-state index is 0.0251. The van der Waals surface area contributed by atoms with E-state index in [1.807, 2.05) is 38.1 Å². The molecule has 0 spiro atoms. The van der Waals surface area contributed by atoms with Gasteiger partial charge < -0.3 is 15.4 Å².